The summed E-state index contributed by atoms with van der Waals surface area (Å²) in [5.41, 5.74) is 2.84. The summed E-state index contributed by atoms with van der Waals surface area (Å²) in [7, 11) is 1.31. The molecular weight excluding hydrogens is 358 g/mol. The largest absolute Gasteiger partial charge is 0.465 e. The number of hydrogen-bond acceptors (Lipinski definition) is 4. The van der Waals surface area contributed by atoms with Gasteiger partial charge in [-0.25, -0.2) is 4.79 Å². The number of ether oxygens (including phenoxy) is 1. The van der Waals surface area contributed by atoms with Gasteiger partial charge in [0.1, 0.15) is 11.7 Å². The van der Waals surface area contributed by atoms with E-state index in [0.717, 1.165) is 12.0 Å². The van der Waals surface area contributed by atoms with Gasteiger partial charge >= 0.3 is 5.97 Å². The summed E-state index contributed by atoms with van der Waals surface area (Å²) in [6.45, 7) is 5.69. The molecule has 1 aromatic carbocycles. The van der Waals surface area contributed by atoms with Crippen LogP contribution in [0.15, 0.2) is 30.3 Å². The number of esters is 1. The zero-order valence-corrected chi connectivity index (χ0v) is 16.7. The highest BCUT2D eigenvalue weighted by molar-refractivity contribution is 6.02. The van der Waals surface area contributed by atoms with E-state index in [2.05, 4.69) is 15.6 Å². The van der Waals surface area contributed by atoms with E-state index in [1.165, 1.54) is 7.11 Å². The minimum absolute atomic E-state index is 0.286. The molecule has 0 saturated carbocycles. The van der Waals surface area contributed by atoms with Crippen molar-refractivity contribution >= 4 is 17.8 Å². The van der Waals surface area contributed by atoms with Gasteiger partial charge in [0, 0.05) is 12.2 Å². The van der Waals surface area contributed by atoms with Gasteiger partial charge in [0.15, 0.2) is 0 Å². The normalized spacial score (nSPS) is 11.6. The number of carbonyl (C=O) groups excluding carboxylic acids is 3. The summed E-state index contributed by atoms with van der Waals surface area (Å²) in [4.78, 5) is 40.1. The average Bonchev–Trinajstić information content (AvgIpc) is 3.02. The highest BCUT2D eigenvalue weighted by Crippen LogP contribution is 2.22. The second-order valence-electron chi connectivity index (χ2n) is 6.62. The Hall–Kier alpha value is -3.09. The highest BCUT2D eigenvalue weighted by atomic mass is 16.5. The Balaban J connectivity index is 2.08. The van der Waals surface area contributed by atoms with E-state index in [-0.39, 0.29) is 5.91 Å². The standard InChI is InChI=1S/C21H27N3O4/c1-5-9-16-17(21(27)28-4)13(2)23-18(16)20(26)24-14(3)19(25)22-12-15-10-7-6-8-11-15/h6-8,10-11,14,23H,5,9,12H2,1-4H3,(H,22,25)(H,24,26). The molecule has 2 rings (SSSR count). The van der Waals surface area contributed by atoms with Crippen molar-refractivity contribution in [3.05, 3.63) is 58.4 Å². The van der Waals surface area contributed by atoms with Gasteiger partial charge in [0.2, 0.25) is 5.91 Å². The van der Waals surface area contributed by atoms with Gasteiger partial charge in [-0.2, -0.15) is 0 Å². The number of aromatic nitrogens is 1. The third-order valence-electron chi connectivity index (χ3n) is 4.46. The number of benzene rings is 1. The van der Waals surface area contributed by atoms with E-state index < -0.39 is 17.9 Å². The SMILES string of the molecule is CCCc1c(C(=O)NC(C)C(=O)NCc2ccccc2)[nH]c(C)c1C(=O)OC. The molecule has 0 aliphatic carbocycles. The van der Waals surface area contributed by atoms with Crippen molar-refractivity contribution in [1.82, 2.24) is 15.6 Å². The van der Waals surface area contributed by atoms with E-state index >= 15 is 0 Å². The van der Waals surface area contributed by atoms with Crippen LogP contribution in [0.25, 0.3) is 0 Å². The molecule has 0 saturated heterocycles. The summed E-state index contributed by atoms with van der Waals surface area (Å²) in [5, 5.41) is 5.50. The monoisotopic (exact) mass is 385 g/mol. The van der Waals surface area contributed by atoms with Gasteiger partial charge in [0.05, 0.1) is 12.7 Å². The lowest BCUT2D eigenvalue weighted by molar-refractivity contribution is -0.122. The Morgan fingerprint density at radius 2 is 1.86 bits per heavy atom. The summed E-state index contributed by atoms with van der Waals surface area (Å²) < 4.78 is 4.84. The first kappa shape index (κ1) is 21.2. The molecule has 3 N–H and O–H groups in total. The Labute approximate surface area is 164 Å². The third kappa shape index (κ3) is 5.00. The van der Waals surface area contributed by atoms with Gasteiger partial charge in [-0.1, -0.05) is 43.7 Å². The van der Waals surface area contributed by atoms with Crippen LogP contribution in [0.1, 0.15) is 57.9 Å². The fourth-order valence-corrected chi connectivity index (χ4v) is 3.02. The molecule has 0 aliphatic rings. The second-order valence-corrected chi connectivity index (χ2v) is 6.62. The smallest absolute Gasteiger partial charge is 0.339 e. The van der Waals surface area contributed by atoms with Crippen molar-refractivity contribution in [2.45, 2.75) is 46.2 Å². The zero-order chi connectivity index (χ0) is 20.7. The van der Waals surface area contributed by atoms with Crippen LogP contribution in [-0.2, 0) is 22.5 Å². The lowest BCUT2D eigenvalue weighted by Crippen LogP contribution is -2.44. The van der Waals surface area contributed by atoms with Gasteiger partial charge in [0.25, 0.3) is 5.91 Å². The molecular formula is C21H27N3O4. The number of aryl methyl sites for hydroxylation is 1. The molecule has 7 nitrogen and oxygen atoms in total. The number of hydrogen-bond donors (Lipinski definition) is 3. The van der Waals surface area contributed by atoms with E-state index in [4.69, 9.17) is 4.74 Å². The molecule has 1 atom stereocenters. The van der Waals surface area contributed by atoms with E-state index in [0.29, 0.717) is 35.5 Å². The number of aromatic amines is 1. The van der Waals surface area contributed by atoms with Crippen molar-refractivity contribution in [3.8, 4) is 0 Å². The summed E-state index contributed by atoms with van der Waals surface area (Å²) in [5.74, 6) is -1.19. The first-order chi connectivity index (χ1) is 13.4. The first-order valence-electron chi connectivity index (χ1n) is 9.31. The van der Waals surface area contributed by atoms with Crippen molar-refractivity contribution in [1.29, 1.82) is 0 Å². The van der Waals surface area contributed by atoms with E-state index in [9.17, 15) is 14.4 Å². The van der Waals surface area contributed by atoms with Crippen molar-refractivity contribution < 1.29 is 19.1 Å². The molecule has 0 radical (unpaired) electrons. The van der Waals surface area contributed by atoms with Crippen LogP contribution in [-0.4, -0.2) is 35.9 Å². The second kappa shape index (κ2) is 9.73. The molecule has 0 bridgehead atoms. The molecule has 1 heterocycles. The third-order valence-corrected chi connectivity index (χ3v) is 4.46. The van der Waals surface area contributed by atoms with E-state index in [1.807, 2.05) is 37.3 Å². The number of amides is 2. The van der Waals surface area contributed by atoms with Crippen LogP contribution >= 0.6 is 0 Å². The van der Waals surface area contributed by atoms with Crippen LogP contribution < -0.4 is 10.6 Å². The number of H-pyrrole nitrogens is 1. The lowest BCUT2D eigenvalue weighted by Gasteiger charge is -2.14. The van der Waals surface area contributed by atoms with E-state index in [1.54, 1.807) is 13.8 Å². The molecule has 150 valence electrons. The predicted octanol–water partition coefficient (Wildman–Crippen LogP) is 2.50. The minimum Gasteiger partial charge on any atom is -0.465 e. The Morgan fingerprint density at radius 3 is 2.46 bits per heavy atom. The van der Waals surface area contributed by atoms with Crippen LogP contribution in [0.3, 0.4) is 0 Å². The Kier molecular flexibility index (Phi) is 7.37. The van der Waals surface area contributed by atoms with Gasteiger partial charge in [-0.15, -0.1) is 0 Å². The van der Waals surface area contributed by atoms with Crippen LogP contribution in [0.2, 0.25) is 0 Å². The quantitative estimate of drug-likeness (QED) is 0.608. The molecule has 2 aromatic rings. The molecule has 1 unspecified atom stereocenters. The maximum atomic E-state index is 12.7. The number of carbonyl (C=O) groups is 3. The fraction of sp³-hybridized carbons (Fsp3) is 0.381. The molecule has 28 heavy (non-hydrogen) atoms. The van der Waals surface area contributed by atoms with Crippen LogP contribution in [0, 0.1) is 6.92 Å². The predicted molar refractivity (Wildman–Crippen MR) is 106 cm³/mol. The molecule has 2 amide bonds. The molecule has 0 spiro atoms. The highest BCUT2D eigenvalue weighted by Gasteiger charge is 2.26. The van der Waals surface area contributed by atoms with Crippen molar-refractivity contribution in [2.24, 2.45) is 0 Å². The molecule has 0 fully saturated rings. The Bertz CT molecular complexity index is 843. The molecule has 7 heteroatoms. The number of nitrogens with one attached hydrogen (secondary N) is 3. The van der Waals surface area contributed by atoms with Crippen molar-refractivity contribution in [2.75, 3.05) is 7.11 Å². The van der Waals surface area contributed by atoms with Crippen molar-refractivity contribution in [3.63, 3.8) is 0 Å². The van der Waals surface area contributed by atoms with Gasteiger partial charge < -0.3 is 20.4 Å². The summed E-state index contributed by atoms with van der Waals surface area (Å²) >= 11 is 0. The summed E-state index contributed by atoms with van der Waals surface area (Å²) in [6.07, 6.45) is 1.31. The maximum Gasteiger partial charge on any atom is 0.339 e. The topological polar surface area (TPSA) is 100 Å². The fourth-order valence-electron chi connectivity index (χ4n) is 3.02. The van der Waals surface area contributed by atoms with Gasteiger partial charge in [-0.05, 0) is 31.4 Å². The minimum atomic E-state index is -0.726. The molecule has 0 aliphatic heterocycles. The first-order valence-corrected chi connectivity index (χ1v) is 9.31. The lowest BCUT2D eigenvalue weighted by atomic mass is 10.0. The summed E-state index contributed by atoms with van der Waals surface area (Å²) in [6, 6.07) is 8.80. The number of methoxy groups -OCH3 is 1. The number of rotatable bonds is 8. The Morgan fingerprint density at radius 1 is 1.18 bits per heavy atom. The molecule has 1 aromatic heterocycles. The van der Waals surface area contributed by atoms with Crippen LogP contribution in [0.5, 0.6) is 0 Å². The zero-order valence-electron chi connectivity index (χ0n) is 16.7. The average molecular weight is 385 g/mol. The maximum absolute atomic E-state index is 12.7. The van der Waals surface area contributed by atoms with Crippen LogP contribution in [0.4, 0.5) is 0 Å². The van der Waals surface area contributed by atoms with Gasteiger partial charge in [-0.3, -0.25) is 9.59 Å².